The zero-order chi connectivity index (χ0) is 15.1. The van der Waals surface area contributed by atoms with E-state index in [1.165, 1.54) is 44.1 Å². The molecule has 1 unspecified atom stereocenters. The van der Waals surface area contributed by atoms with Gasteiger partial charge in [-0.1, -0.05) is 54.1 Å². The first-order valence-corrected chi connectivity index (χ1v) is 9.19. The molecule has 0 bridgehead atoms. The minimum atomic E-state index is 0.412. The van der Waals surface area contributed by atoms with Crippen LogP contribution in [0, 0.1) is 5.92 Å². The molecule has 0 saturated heterocycles. The molecule has 2 rings (SSSR count). The fraction of sp³-hybridized carbons (Fsp3) is 0.667. The van der Waals surface area contributed by atoms with E-state index >= 15 is 0 Å². The number of ether oxygens (including phenoxy) is 2. The van der Waals surface area contributed by atoms with Crippen molar-refractivity contribution in [3.8, 4) is 11.5 Å². The average Bonchev–Trinajstić information content (AvgIpc) is 2.50. The van der Waals surface area contributed by atoms with Gasteiger partial charge in [-0.15, -0.1) is 0 Å². The summed E-state index contributed by atoms with van der Waals surface area (Å²) in [6, 6.07) is 6.34. The van der Waals surface area contributed by atoms with Gasteiger partial charge in [-0.25, -0.2) is 0 Å². The summed E-state index contributed by atoms with van der Waals surface area (Å²) in [5, 5.41) is 0. The molecule has 21 heavy (non-hydrogen) atoms. The van der Waals surface area contributed by atoms with Crippen molar-refractivity contribution < 1.29 is 9.47 Å². The van der Waals surface area contributed by atoms with E-state index in [2.05, 4.69) is 28.1 Å². The van der Waals surface area contributed by atoms with E-state index in [0.717, 1.165) is 17.4 Å². The highest BCUT2D eigenvalue weighted by molar-refractivity contribution is 9.09. The third-order valence-electron chi connectivity index (χ3n) is 4.19. The molecule has 1 fully saturated rings. The highest BCUT2D eigenvalue weighted by atomic mass is 79.9. The summed E-state index contributed by atoms with van der Waals surface area (Å²) in [7, 11) is 0. The molecule has 0 aromatic heterocycles. The third-order valence-corrected chi connectivity index (χ3v) is 5.10. The Kier molecular flexibility index (Phi) is 6.88. The maximum Gasteiger partial charge on any atom is 0.161 e. The lowest BCUT2D eigenvalue weighted by molar-refractivity contribution is 0.287. The number of halogens is 1. The first-order valence-electron chi connectivity index (χ1n) is 8.28. The Balaban J connectivity index is 2.05. The second kappa shape index (κ2) is 8.67. The second-order valence-electron chi connectivity index (χ2n) is 5.78. The first-order chi connectivity index (χ1) is 10.2. The minimum absolute atomic E-state index is 0.412. The minimum Gasteiger partial charge on any atom is -0.490 e. The molecule has 1 atom stereocenters. The van der Waals surface area contributed by atoms with Crippen molar-refractivity contribution in [1.82, 2.24) is 0 Å². The Hall–Kier alpha value is -0.700. The monoisotopic (exact) mass is 354 g/mol. The van der Waals surface area contributed by atoms with Crippen molar-refractivity contribution >= 4 is 15.9 Å². The van der Waals surface area contributed by atoms with E-state index in [-0.39, 0.29) is 0 Å². The maximum absolute atomic E-state index is 5.72. The second-order valence-corrected chi connectivity index (χ2v) is 6.88. The van der Waals surface area contributed by atoms with Gasteiger partial charge in [0.1, 0.15) is 0 Å². The average molecular weight is 355 g/mol. The van der Waals surface area contributed by atoms with Gasteiger partial charge in [-0.2, -0.15) is 0 Å². The van der Waals surface area contributed by atoms with Crippen molar-refractivity contribution in [1.29, 1.82) is 0 Å². The summed E-state index contributed by atoms with van der Waals surface area (Å²) < 4.78 is 11.4. The van der Waals surface area contributed by atoms with E-state index in [9.17, 15) is 0 Å². The molecule has 118 valence electrons. The van der Waals surface area contributed by atoms with E-state index in [1.807, 2.05) is 19.9 Å². The third kappa shape index (κ3) is 4.91. The van der Waals surface area contributed by atoms with Crippen LogP contribution in [0.2, 0.25) is 0 Å². The molecule has 3 heteroatoms. The van der Waals surface area contributed by atoms with Crippen LogP contribution in [0.5, 0.6) is 11.5 Å². The van der Waals surface area contributed by atoms with Gasteiger partial charge >= 0.3 is 0 Å². The van der Waals surface area contributed by atoms with Gasteiger partial charge in [0.2, 0.25) is 0 Å². The predicted molar refractivity (Wildman–Crippen MR) is 91.6 cm³/mol. The lowest BCUT2D eigenvalue weighted by Crippen LogP contribution is -2.09. The van der Waals surface area contributed by atoms with Crippen molar-refractivity contribution in [3.63, 3.8) is 0 Å². The van der Waals surface area contributed by atoms with Crippen molar-refractivity contribution in [2.75, 3.05) is 13.2 Å². The van der Waals surface area contributed by atoms with Gasteiger partial charge in [-0.05, 0) is 43.9 Å². The van der Waals surface area contributed by atoms with Crippen LogP contribution in [-0.2, 0) is 0 Å². The Bertz CT molecular complexity index is 427. The zero-order valence-corrected chi connectivity index (χ0v) is 14.8. The normalized spacial score (nSPS) is 17.5. The molecule has 1 aliphatic carbocycles. The van der Waals surface area contributed by atoms with Crippen LogP contribution in [0.25, 0.3) is 0 Å². The molecule has 2 nitrogen and oxygen atoms in total. The molecule has 0 spiro atoms. The molecule has 0 amide bonds. The van der Waals surface area contributed by atoms with Gasteiger partial charge in [-0.3, -0.25) is 0 Å². The summed E-state index contributed by atoms with van der Waals surface area (Å²) in [6.45, 7) is 5.34. The molecule has 1 aromatic carbocycles. The van der Waals surface area contributed by atoms with Gasteiger partial charge < -0.3 is 9.47 Å². The Morgan fingerprint density at radius 2 is 1.71 bits per heavy atom. The fourth-order valence-corrected chi connectivity index (χ4v) is 3.93. The van der Waals surface area contributed by atoms with Gasteiger partial charge in [0.25, 0.3) is 0 Å². The van der Waals surface area contributed by atoms with Crippen LogP contribution >= 0.6 is 15.9 Å². The first kappa shape index (κ1) is 16.7. The molecule has 1 aromatic rings. The molecule has 1 saturated carbocycles. The SMILES string of the molecule is CCOc1ccc(C(Br)CC2CCCCC2)cc1OCC. The van der Waals surface area contributed by atoms with Crippen LogP contribution in [-0.4, -0.2) is 13.2 Å². The molecule has 0 heterocycles. The van der Waals surface area contributed by atoms with E-state index in [4.69, 9.17) is 9.47 Å². The summed E-state index contributed by atoms with van der Waals surface area (Å²) in [5.41, 5.74) is 1.30. The van der Waals surface area contributed by atoms with Crippen LogP contribution < -0.4 is 9.47 Å². The number of rotatable bonds is 7. The molecule has 0 N–H and O–H groups in total. The summed E-state index contributed by atoms with van der Waals surface area (Å²) >= 11 is 3.87. The predicted octanol–water partition coefficient (Wildman–Crippen LogP) is 5.89. The lowest BCUT2D eigenvalue weighted by atomic mass is 9.85. The smallest absolute Gasteiger partial charge is 0.161 e. The standard InChI is InChI=1S/C18H27BrO2/c1-3-20-17-11-10-15(13-18(17)21-4-2)16(19)12-14-8-6-5-7-9-14/h10-11,13-14,16H,3-9,12H2,1-2H3. The van der Waals surface area contributed by atoms with Gasteiger partial charge in [0.05, 0.1) is 13.2 Å². The number of hydrogen-bond donors (Lipinski definition) is 0. The van der Waals surface area contributed by atoms with E-state index < -0.39 is 0 Å². The summed E-state index contributed by atoms with van der Waals surface area (Å²) in [4.78, 5) is 0.412. The van der Waals surface area contributed by atoms with E-state index in [0.29, 0.717) is 18.0 Å². The molecule has 1 aliphatic rings. The quantitative estimate of drug-likeness (QED) is 0.568. The molecule has 0 radical (unpaired) electrons. The molecular weight excluding hydrogens is 328 g/mol. The largest absolute Gasteiger partial charge is 0.490 e. The Morgan fingerprint density at radius 3 is 2.38 bits per heavy atom. The van der Waals surface area contributed by atoms with Crippen LogP contribution in [0.15, 0.2) is 18.2 Å². The summed E-state index contributed by atoms with van der Waals surface area (Å²) in [6.07, 6.45) is 8.21. The van der Waals surface area contributed by atoms with Crippen molar-refractivity contribution in [3.05, 3.63) is 23.8 Å². The van der Waals surface area contributed by atoms with Crippen LogP contribution in [0.4, 0.5) is 0 Å². The van der Waals surface area contributed by atoms with Crippen LogP contribution in [0.3, 0.4) is 0 Å². The lowest BCUT2D eigenvalue weighted by Gasteiger charge is -2.24. The van der Waals surface area contributed by atoms with Crippen molar-refractivity contribution in [2.24, 2.45) is 5.92 Å². The topological polar surface area (TPSA) is 18.5 Å². The zero-order valence-electron chi connectivity index (χ0n) is 13.2. The number of alkyl halides is 1. The highest BCUT2D eigenvalue weighted by Crippen LogP contribution is 2.39. The maximum atomic E-state index is 5.72. The number of benzene rings is 1. The van der Waals surface area contributed by atoms with Gasteiger partial charge in [0.15, 0.2) is 11.5 Å². The van der Waals surface area contributed by atoms with Gasteiger partial charge in [0, 0.05) is 4.83 Å². The molecular formula is C18H27BrO2. The fourth-order valence-electron chi connectivity index (χ4n) is 3.11. The molecule has 0 aliphatic heterocycles. The van der Waals surface area contributed by atoms with Crippen LogP contribution in [0.1, 0.15) is 62.8 Å². The van der Waals surface area contributed by atoms with Crippen molar-refractivity contribution in [2.45, 2.75) is 57.2 Å². The van der Waals surface area contributed by atoms with E-state index in [1.54, 1.807) is 0 Å². The number of hydrogen-bond acceptors (Lipinski definition) is 2. The highest BCUT2D eigenvalue weighted by Gasteiger charge is 2.19. The Morgan fingerprint density at radius 1 is 1.05 bits per heavy atom. The Labute approximate surface area is 137 Å². The summed E-state index contributed by atoms with van der Waals surface area (Å²) in [5.74, 6) is 2.58.